The normalized spacial score (nSPS) is 14.8. The molecule has 2 heteroatoms. The van der Waals surface area contributed by atoms with E-state index in [-0.39, 0.29) is 0 Å². The molecule has 0 unspecified atom stereocenters. The molecule has 2 nitrogen and oxygen atoms in total. The van der Waals surface area contributed by atoms with Crippen molar-refractivity contribution in [3.8, 4) is 16.9 Å². The van der Waals surface area contributed by atoms with Crippen LogP contribution in [-0.4, -0.2) is 9.78 Å². The van der Waals surface area contributed by atoms with Crippen LogP contribution >= 0.6 is 0 Å². The fourth-order valence-corrected chi connectivity index (χ4v) is 4.06. The molecule has 0 N–H and O–H groups in total. The summed E-state index contributed by atoms with van der Waals surface area (Å²) in [5, 5.41) is 5.12. The molecule has 0 saturated carbocycles. The van der Waals surface area contributed by atoms with E-state index in [0.717, 1.165) is 30.6 Å². The van der Waals surface area contributed by atoms with Crippen molar-refractivity contribution in [3.63, 3.8) is 0 Å². The monoisotopic (exact) mass is 362 g/mol. The first-order chi connectivity index (χ1) is 13.9. The van der Waals surface area contributed by atoms with Crippen molar-refractivity contribution in [2.75, 3.05) is 0 Å². The minimum atomic E-state index is 1.07. The van der Waals surface area contributed by atoms with Gasteiger partial charge in [0, 0.05) is 11.1 Å². The van der Waals surface area contributed by atoms with Gasteiger partial charge < -0.3 is 0 Å². The van der Waals surface area contributed by atoms with E-state index in [9.17, 15) is 0 Å². The summed E-state index contributed by atoms with van der Waals surface area (Å²) in [4.78, 5) is 0. The maximum Gasteiger partial charge on any atom is 0.0926 e. The fraction of sp³-hybridized carbons (Fsp3) is 0.115. The van der Waals surface area contributed by atoms with E-state index in [1.807, 2.05) is 0 Å². The molecule has 1 aromatic heterocycles. The van der Waals surface area contributed by atoms with Gasteiger partial charge in [0.1, 0.15) is 0 Å². The SMILES string of the molecule is C(=C1/CCCc2c1nn(-c1ccccc1)c2-c1ccccc1)/c1ccccc1. The predicted molar refractivity (Wildman–Crippen MR) is 116 cm³/mol. The number of rotatable bonds is 3. The highest BCUT2D eigenvalue weighted by molar-refractivity contribution is 5.85. The number of allylic oxidation sites excluding steroid dienone is 1. The Balaban J connectivity index is 1.73. The van der Waals surface area contributed by atoms with Gasteiger partial charge in [-0.05, 0) is 48.6 Å². The van der Waals surface area contributed by atoms with Crippen LogP contribution in [0.5, 0.6) is 0 Å². The first kappa shape index (κ1) is 16.8. The zero-order chi connectivity index (χ0) is 18.8. The van der Waals surface area contributed by atoms with Gasteiger partial charge in [-0.3, -0.25) is 0 Å². The first-order valence-corrected chi connectivity index (χ1v) is 9.89. The summed E-state index contributed by atoms with van der Waals surface area (Å²) in [5.74, 6) is 0. The number of hydrogen-bond donors (Lipinski definition) is 0. The summed E-state index contributed by atoms with van der Waals surface area (Å²) < 4.78 is 2.13. The zero-order valence-corrected chi connectivity index (χ0v) is 15.8. The third-order valence-electron chi connectivity index (χ3n) is 5.35. The molecule has 136 valence electrons. The van der Waals surface area contributed by atoms with Gasteiger partial charge in [0.2, 0.25) is 0 Å². The van der Waals surface area contributed by atoms with E-state index in [0.29, 0.717) is 0 Å². The second-order valence-electron chi connectivity index (χ2n) is 7.22. The van der Waals surface area contributed by atoms with Crippen LogP contribution in [0.25, 0.3) is 28.6 Å². The Bertz CT molecular complexity index is 1110. The Morgan fingerprint density at radius 2 is 1.36 bits per heavy atom. The van der Waals surface area contributed by atoms with Crippen molar-refractivity contribution in [1.82, 2.24) is 9.78 Å². The number of fused-ring (bicyclic) bond motifs is 1. The zero-order valence-electron chi connectivity index (χ0n) is 15.8. The largest absolute Gasteiger partial charge is 0.232 e. The summed E-state index contributed by atoms with van der Waals surface area (Å²) >= 11 is 0. The van der Waals surface area contributed by atoms with Crippen LogP contribution in [-0.2, 0) is 6.42 Å². The van der Waals surface area contributed by atoms with Crippen LogP contribution in [0.2, 0.25) is 0 Å². The smallest absolute Gasteiger partial charge is 0.0926 e. The maximum absolute atomic E-state index is 5.12. The minimum absolute atomic E-state index is 1.07. The number of hydrogen-bond acceptors (Lipinski definition) is 1. The van der Waals surface area contributed by atoms with E-state index in [1.165, 1.54) is 28.0 Å². The number of aromatic nitrogens is 2. The first-order valence-electron chi connectivity index (χ1n) is 9.89. The highest BCUT2D eigenvalue weighted by Crippen LogP contribution is 2.38. The van der Waals surface area contributed by atoms with E-state index >= 15 is 0 Å². The third-order valence-corrected chi connectivity index (χ3v) is 5.35. The average Bonchev–Trinajstić information content (AvgIpc) is 3.16. The minimum Gasteiger partial charge on any atom is -0.232 e. The third kappa shape index (κ3) is 3.07. The summed E-state index contributed by atoms with van der Waals surface area (Å²) in [6.07, 6.45) is 5.60. The van der Waals surface area contributed by atoms with Crippen LogP contribution in [0.1, 0.15) is 29.7 Å². The maximum atomic E-state index is 5.12. The van der Waals surface area contributed by atoms with Gasteiger partial charge in [-0.25, -0.2) is 4.68 Å². The van der Waals surface area contributed by atoms with Crippen LogP contribution < -0.4 is 0 Å². The van der Waals surface area contributed by atoms with Gasteiger partial charge in [0.25, 0.3) is 0 Å². The number of para-hydroxylation sites is 1. The highest BCUT2D eigenvalue weighted by Gasteiger charge is 2.25. The topological polar surface area (TPSA) is 17.8 Å². The summed E-state index contributed by atoms with van der Waals surface area (Å²) in [6.45, 7) is 0. The lowest BCUT2D eigenvalue weighted by molar-refractivity contribution is 0.818. The number of benzene rings is 3. The van der Waals surface area contributed by atoms with Gasteiger partial charge in [-0.1, -0.05) is 78.9 Å². The second-order valence-corrected chi connectivity index (χ2v) is 7.22. The van der Waals surface area contributed by atoms with Gasteiger partial charge in [0.15, 0.2) is 0 Å². The summed E-state index contributed by atoms with van der Waals surface area (Å²) in [7, 11) is 0. The molecule has 0 amide bonds. The molecule has 28 heavy (non-hydrogen) atoms. The molecular formula is C26H22N2. The fourth-order valence-electron chi connectivity index (χ4n) is 4.06. The van der Waals surface area contributed by atoms with Crippen molar-refractivity contribution >= 4 is 11.6 Å². The van der Waals surface area contributed by atoms with Crippen molar-refractivity contribution in [2.45, 2.75) is 19.3 Å². The molecule has 0 atom stereocenters. The van der Waals surface area contributed by atoms with Gasteiger partial charge in [-0.15, -0.1) is 0 Å². The van der Waals surface area contributed by atoms with E-state index in [2.05, 4.69) is 102 Å². The standard InChI is InChI=1S/C26H22N2/c1-4-11-20(12-5-1)19-22-15-10-18-24-25(22)27-28(23-16-8-3-9-17-23)26(24)21-13-6-2-7-14-21/h1-9,11-14,16-17,19H,10,15,18H2/b22-19+. The molecule has 3 aromatic carbocycles. The van der Waals surface area contributed by atoms with E-state index in [1.54, 1.807) is 0 Å². The molecule has 0 spiro atoms. The molecule has 1 aliphatic rings. The molecule has 0 aliphatic heterocycles. The molecule has 0 bridgehead atoms. The molecular weight excluding hydrogens is 340 g/mol. The predicted octanol–water partition coefficient (Wildman–Crippen LogP) is 6.42. The second kappa shape index (κ2) is 7.32. The quantitative estimate of drug-likeness (QED) is 0.411. The van der Waals surface area contributed by atoms with Crippen molar-refractivity contribution in [1.29, 1.82) is 0 Å². The summed E-state index contributed by atoms with van der Waals surface area (Å²) in [6, 6.07) is 31.7. The van der Waals surface area contributed by atoms with Gasteiger partial charge in [0.05, 0.1) is 17.1 Å². The molecule has 0 saturated heterocycles. The van der Waals surface area contributed by atoms with Gasteiger partial charge in [-0.2, -0.15) is 5.10 Å². The van der Waals surface area contributed by atoms with E-state index < -0.39 is 0 Å². The lowest BCUT2D eigenvalue weighted by Crippen LogP contribution is -2.01. The summed E-state index contributed by atoms with van der Waals surface area (Å²) in [5.41, 5.74) is 8.64. The van der Waals surface area contributed by atoms with Crippen LogP contribution in [0.4, 0.5) is 0 Å². The van der Waals surface area contributed by atoms with Crippen LogP contribution in [0, 0.1) is 0 Å². The van der Waals surface area contributed by atoms with Gasteiger partial charge >= 0.3 is 0 Å². The Morgan fingerprint density at radius 3 is 2.07 bits per heavy atom. The number of nitrogens with zero attached hydrogens (tertiary/aromatic N) is 2. The molecule has 1 aliphatic carbocycles. The lowest BCUT2D eigenvalue weighted by atomic mass is 9.89. The Hall–Kier alpha value is -3.39. The molecule has 0 fully saturated rings. The van der Waals surface area contributed by atoms with E-state index in [4.69, 9.17) is 5.10 Å². The van der Waals surface area contributed by atoms with Crippen molar-refractivity contribution in [3.05, 3.63) is 108 Å². The molecule has 5 rings (SSSR count). The highest BCUT2D eigenvalue weighted by atomic mass is 15.3. The van der Waals surface area contributed by atoms with Crippen molar-refractivity contribution < 1.29 is 0 Å². The Kier molecular flexibility index (Phi) is 4.38. The lowest BCUT2D eigenvalue weighted by Gasteiger charge is -2.15. The average molecular weight is 362 g/mol. The molecule has 1 heterocycles. The molecule has 4 aromatic rings. The molecule has 0 radical (unpaired) electrons. The van der Waals surface area contributed by atoms with Crippen molar-refractivity contribution in [2.24, 2.45) is 0 Å². The Morgan fingerprint density at radius 1 is 0.714 bits per heavy atom. The van der Waals surface area contributed by atoms with Crippen LogP contribution in [0.15, 0.2) is 91.0 Å². The van der Waals surface area contributed by atoms with Crippen LogP contribution in [0.3, 0.4) is 0 Å². The Labute approximate surface area is 165 Å².